The van der Waals surface area contributed by atoms with Crippen molar-refractivity contribution >= 4 is 22.1 Å². The van der Waals surface area contributed by atoms with Gasteiger partial charge in [0.25, 0.3) is 0 Å². The molecule has 31 heavy (non-hydrogen) atoms. The number of hydrogen-bond acceptors (Lipinski definition) is 5. The second-order valence-electron chi connectivity index (χ2n) is 7.07. The topological polar surface area (TPSA) is 96.0 Å². The zero-order valence-electron chi connectivity index (χ0n) is 16.0. The van der Waals surface area contributed by atoms with Crippen molar-refractivity contribution in [2.45, 2.75) is 0 Å². The summed E-state index contributed by atoms with van der Waals surface area (Å²) < 4.78 is 14.7. The van der Waals surface area contributed by atoms with Crippen LogP contribution in [0, 0.1) is 5.82 Å². The monoisotopic (exact) mass is 407 g/mol. The number of fused-ring (bicyclic) bond motifs is 2. The molecule has 2 N–H and O–H groups in total. The van der Waals surface area contributed by atoms with Gasteiger partial charge in [-0.2, -0.15) is 5.10 Å². The second kappa shape index (κ2) is 6.81. The Bertz CT molecular complexity index is 1540. The zero-order chi connectivity index (χ0) is 20.8. The molecular formula is C23H14FN7. The molecule has 5 aromatic heterocycles. The van der Waals surface area contributed by atoms with E-state index < -0.39 is 0 Å². The fourth-order valence-electron chi connectivity index (χ4n) is 3.74. The number of halogens is 1. The average molecular weight is 407 g/mol. The van der Waals surface area contributed by atoms with Gasteiger partial charge in [0.2, 0.25) is 0 Å². The summed E-state index contributed by atoms with van der Waals surface area (Å²) in [5.74, 6) is 0.203. The van der Waals surface area contributed by atoms with E-state index in [2.05, 4.69) is 30.1 Å². The van der Waals surface area contributed by atoms with E-state index in [1.165, 1.54) is 6.07 Å². The van der Waals surface area contributed by atoms with Gasteiger partial charge < -0.3 is 4.98 Å². The fourth-order valence-corrected chi connectivity index (χ4v) is 3.74. The molecule has 0 unspecified atom stereocenters. The first-order valence-electron chi connectivity index (χ1n) is 9.61. The highest BCUT2D eigenvalue weighted by atomic mass is 19.1. The number of nitrogens with zero attached hydrogens (tertiary/aromatic N) is 5. The number of imidazole rings is 1. The number of aromatic nitrogens is 7. The normalized spacial score (nSPS) is 11.4. The van der Waals surface area contributed by atoms with E-state index in [1.807, 2.05) is 24.3 Å². The highest BCUT2D eigenvalue weighted by Crippen LogP contribution is 2.33. The molecule has 0 bridgehead atoms. The molecule has 0 amide bonds. The predicted molar refractivity (Wildman–Crippen MR) is 115 cm³/mol. The van der Waals surface area contributed by atoms with Crippen molar-refractivity contribution in [2.24, 2.45) is 0 Å². The summed E-state index contributed by atoms with van der Waals surface area (Å²) in [5, 5.41) is 8.05. The van der Waals surface area contributed by atoms with Crippen LogP contribution in [0.15, 0.2) is 73.4 Å². The number of hydrogen-bond donors (Lipinski definition) is 2. The van der Waals surface area contributed by atoms with Crippen molar-refractivity contribution in [3.63, 3.8) is 0 Å². The molecule has 0 spiro atoms. The van der Waals surface area contributed by atoms with Crippen molar-refractivity contribution in [3.8, 4) is 33.8 Å². The van der Waals surface area contributed by atoms with Crippen LogP contribution in [0.1, 0.15) is 0 Å². The minimum Gasteiger partial charge on any atom is -0.321 e. The molecule has 1 aromatic carbocycles. The predicted octanol–water partition coefficient (Wildman–Crippen LogP) is 4.76. The number of aromatic amines is 2. The molecule has 7 nitrogen and oxygen atoms in total. The van der Waals surface area contributed by atoms with E-state index in [9.17, 15) is 4.39 Å². The van der Waals surface area contributed by atoms with Gasteiger partial charge in [-0.3, -0.25) is 15.1 Å². The molecule has 8 heteroatoms. The molecule has 0 aliphatic heterocycles. The van der Waals surface area contributed by atoms with Gasteiger partial charge in [-0.05, 0) is 24.3 Å². The van der Waals surface area contributed by atoms with E-state index in [4.69, 9.17) is 4.98 Å². The Morgan fingerprint density at radius 2 is 1.61 bits per heavy atom. The standard InChI is InChI=1S/C23H14FN7/c24-18-10-19-17(9-16(18)14-4-2-7-26-12-14)21(31-30-19)23-28-20-15(5-8-27-22(20)29-23)13-3-1-6-25-11-13/h1-12H,(H,30,31)(H,27,28,29). The minimum absolute atomic E-state index is 0.346. The Morgan fingerprint density at radius 1 is 0.839 bits per heavy atom. The van der Waals surface area contributed by atoms with Crippen LogP contribution < -0.4 is 0 Å². The number of H-pyrrole nitrogens is 2. The molecule has 0 saturated heterocycles. The van der Waals surface area contributed by atoms with Gasteiger partial charge in [0.15, 0.2) is 11.5 Å². The average Bonchev–Trinajstić information content (AvgIpc) is 3.43. The van der Waals surface area contributed by atoms with Crippen LogP contribution in [-0.2, 0) is 0 Å². The molecule has 0 atom stereocenters. The summed E-state index contributed by atoms with van der Waals surface area (Å²) in [5.41, 5.74) is 5.55. The van der Waals surface area contributed by atoms with Gasteiger partial charge in [-0.1, -0.05) is 12.1 Å². The molecule has 6 rings (SSSR count). The molecule has 0 fully saturated rings. The Hall–Kier alpha value is -4.46. The summed E-state index contributed by atoms with van der Waals surface area (Å²) in [6.07, 6.45) is 8.54. The van der Waals surface area contributed by atoms with E-state index in [1.54, 1.807) is 43.1 Å². The van der Waals surface area contributed by atoms with Crippen molar-refractivity contribution < 1.29 is 4.39 Å². The zero-order valence-corrected chi connectivity index (χ0v) is 16.0. The molecule has 5 heterocycles. The van der Waals surface area contributed by atoms with Gasteiger partial charge >= 0.3 is 0 Å². The minimum atomic E-state index is -0.346. The summed E-state index contributed by atoms with van der Waals surface area (Å²) in [7, 11) is 0. The maximum Gasteiger partial charge on any atom is 0.160 e. The molecule has 0 aliphatic rings. The van der Waals surface area contributed by atoms with Gasteiger partial charge in [-0.25, -0.2) is 14.4 Å². The number of benzene rings is 1. The lowest BCUT2D eigenvalue weighted by Gasteiger charge is -2.03. The molecule has 148 valence electrons. The molecule has 0 saturated carbocycles. The maximum absolute atomic E-state index is 14.7. The Kier molecular flexibility index (Phi) is 3.82. The van der Waals surface area contributed by atoms with Gasteiger partial charge in [0, 0.05) is 64.7 Å². The van der Waals surface area contributed by atoms with Crippen LogP contribution in [0.3, 0.4) is 0 Å². The number of rotatable bonds is 3. The first kappa shape index (κ1) is 17.4. The van der Waals surface area contributed by atoms with E-state index >= 15 is 0 Å². The van der Waals surface area contributed by atoms with E-state index in [0.717, 1.165) is 22.0 Å². The lowest BCUT2D eigenvalue weighted by molar-refractivity contribution is 0.632. The Labute approximate surface area is 175 Å². The maximum atomic E-state index is 14.7. The smallest absolute Gasteiger partial charge is 0.160 e. The third-order valence-corrected chi connectivity index (χ3v) is 5.20. The van der Waals surface area contributed by atoms with Crippen LogP contribution in [0.2, 0.25) is 0 Å². The van der Waals surface area contributed by atoms with Crippen LogP contribution in [0.4, 0.5) is 4.39 Å². The van der Waals surface area contributed by atoms with Gasteiger partial charge in [0.1, 0.15) is 17.0 Å². The summed E-state index contributed by atoms with van der Waals surface area (Å²) in [6, 6.07) is 12.6. The quantitative estimate of drug-likeness (QED) is 0.441. The summed E-state index contributed by atoms with van der Waals surface area (Å²) in [6.45, 7) is 0. The number of pyridine rings is 3. The Morgan fingerprint density at radius 3 is 2.35 bits per heavy atom. The van der Waals surface area contributed by atoms with Crippen molar-refractivity contribution in [1.82, 2.24) is 35.1 Å². The first-order chi connectivity index (χ1) is 15.3. The van der Waals surface area contributed by atoms with Crippen LogP contribution in [-0.4, -0.2) is 35.1 Å². The van der Waals surface area contributed by atoms with Crippen LogP contribution in [0.5, 0.6) is 0 Å². The highest BCUT2D eigenvalue weighted by molar-refractivity contribution is 5.97. The third kappa shape index (κ3) is 2.84. The van der Waals surface area contributed by atoms with E-state index in [0.29, 0.717) is 33.8 Å². The third-order valence-electron chi connectivity index (χ3n) is 5.20. The van der Waals surface area contributed by atoms with Crippen LogP contribution in [0.25, 0.3) is 55.8 Å². The van der Waals surface area contributed by atoms with Gasteiger partial charge in [0.05, 0.1) is 5.52 Å². The van der Waals surface area contributed by atoms with Crippen molar-refractivity contribution in [3.05, 3.63) is 79.3 Å². The molecule has 0 radical (unpaired) electrons. The summed E-state index contributed by atoms with van der Waals surface area (Å²) in [4.78, 5) is 20.7. The molecule has 6 aromatic rings. The van der Waals surface area contributed by atoms with Gasteiger partial charge in [-0.15, -0.1) is 0 Å². The van der Waals surface area contributed by atoms with Crippen molar-refractivity contribution in [1.29, 1.82) is 0 Å². The fraction of sp³-hybridized carbons (Fsp3) is 0. The summed E-state index contributed by atoms with van der Waals surface area (Å²) >= 11 is 0. The Balaban J connectivity index is 1.54. The first-order valence-corrected chi connectivity index (χ1v) is 9.61. The second-order valence-corrected chi connectivity index (χ2v) is 7.07. The molecular weight excluding hydrogens is 393 g/mol. The number of nitrogens with one attached hydrogen (secondary N) is 2. The van der Waals surface area contributed by atoms with E-state index in [-0.39, 0.29) is 5.82 Å². The largest absolute Gasteiger partial charge is 0.321 e. The van der Waals surface area contributed by atoms with Crippen LogP contribution >= 0.6 is 0 Å². The highest BCUT2D eigenvalue weighted by Gasteiger charge is 2.18. The van der Waals surface area contributed by atoms with Crippen molar-refractivity contribution in [2.75, 3.05) is 0 Å². The SMILES string of the molecule is Fc1cc2[nH]nc(-c3nc4c(-c5cccnc5)ccnc4[nH]3)c2cc1-c1cccnc1. The lowest BCUT2D eigenvalue weighted by Crippen LogP contribution is -1.87. The molecule has 0 aliphatic carbocycles. The lowest BCUT2D eigenvalue weighted by atomic mass is 10.0.